The fourth-order valence-corrected chi connectivity index (χ4v) is 7.58. The van der Waals surface area contributed by atoms with Gasteiger partial charge in [0.25, 0.3) is 5.91 Å². The van der Waals surface area contributed by atoms with Gasteiger partial charge in [-0.3, -0.25) is 9.59 Å². The number of aliphatic carboxylic acids is 1. The molecule has 0 spiro atoms. The molecule has 7 rings (SSSR count). The van der Waals surface area contributed by atoms with Crippen molar-refractivity contribution in [2.24, 2.45) is 0 Å². The lowest BCUT2D eigenvalue weighted by molar-refractivity contribution is -0.131. The van der Waals surface area contributed by atoms with E-state index in [9.17, 15) is 14.4 Å². The van der Waals surface area contributed by atoms with Crippen molar-refractivity contribution < 1.29 is 29.0 Å². The highest BCUT2D eigenvalue weighted by molar-refractivity contribution is 6.06. The lowest BCUT2D eigenvalue weighted by Gasteiger charge is -2.40. The summed E-state index contributed by atoms with van der Waals surface area (Å²) in [6.45, 7) is 5.18. The van der Waals surface area contributed by atoms with Crippen LogP contribution in [0.1, 0.15) is 92.6 Å². The van der Waals surface area contributed by atoms with Crippen LogP contribution in [0.4, 0.5) is 5.69 Å². The zero-order valence-electron chi connectivity index (χ0n) is 28.1. The summed E-state index contributed by atoms with van der Waals surface area (Å²) in [4.78, 5) is 38.3. The van der Waals surface area contributed by atoms with Crippen LogP contribution >= 0.6 is 0 Å². The molecule has 0 saturated heterocycles. The number of benzene rings is 3. The highest BCUT2D eigenvalue weighted by Gasteiger charge is 2.45. The van der Waals surface area contributed by atoms with Crippen molar-refractivity contribution in [2.45, 2.75) is 89.3 Å². The maximum absolute atomic E-state index is 13.9. The van der Waals surface area contributed by atoms with Gasteiger partial charge in [-0.05, 0) is 105 Å². The van der Waals surface area contributed by atoms with Gasteiger partial charge in [0.2, 0.25) is 5.91 Å². The van der Waals surface area contributed by atoms with E-state index < -0.39 is 11.5 Å². The average Bonchev–Trinajstić information content (AvgIpc) is 3.27. The molecule has 9 nitrogen and oxygen atoms in total. The number of hydrogen-bond donors (Lipinski definition) is 3. The SMILES string of the molecule is CC(C)Oc1ccc2c(c1)OCCn1c-2c(C2CCCCC2)c2ccc(C(=O)NC3(C(=O)Nc4ccc(/C=C/C(=O)O)cc4)CCC3)cc21. The molecule has 3 N–H and O–H groups in total. The minimum Gasteiger partial charge on any atom is -0.491 e. The summed E-state index contributed by atoms with van der Waals surface area (Å²) in [6, 6.07) is 19.0. The molecular formula is C40H43N3O6. The van der Waals surface area contributed by atoms with E-state index in [4.69, 9.17) is 14.6 Å². The van der Waals surface area contributed by atoms with Crippen LogP contribution in [-0.2, 0) is 16.1 Å². The number of carbonyl (C=O) groups excluding carboxylic acids is 2. The van der Waals surface area contributed by atoms with Gasteiger partial charge in [-0.25, -0.2) is 4.79 Å². The van der Waals surface area contributed by atoms with Gasteiger partial charge >= 0.3 is 5.97 Å². The Morgan fingerprint density at radius 1 is 0.980 bits per heavy atom. The third kappa shape index (κ3) is 6.54. The van der Waals surface area contributed by atoms with Gasteiger partial charge in [0, 0.05) is 39.9 Å². The van der Waals surface area contributed by atoms with Crippen molar-refractivity contribution in [2.75, 3.05) is 11.9 Å². The Morgan fingerprint density at radius 2 is 1.76 bits per heavy atom. The van der Waals surface area contributed by atoms with Gasteiger partial charge in [-0.2, -0.15) is 0 Å². The van der Waals surface area contributed by atoms with Crippen molar-refractivity contribution >= 4 is 40.4 Å². The standard InChI is InChI=1S/C40H43N3O6/c1-25(2)49-30-15-17-32-34(24-30)48-22-21-43-33-23-28(12-16-31(33)36(37(32)43)27-7-4-3-5-8-27)38(46)42-40(19-6-20-40)39(47)41-29-13-9-26(10-14-29)11-18-35(44)45/h9-18,23-25,27H,3-8,19-22H2,1-2H3,(H,41,47)(H,42,46)(H,44,45)/b18-11+. The number of ether oxygens (including phenoxy) is 2. The van der Waals surface area contributed by atoms with Crippen LogP contribution in [-0.4, -0.2) is 45.7 Å². The number of nitrogens with zero attached hydrogens (tertiary/aromatic N) is 1. The van der Waals surface area contributed by atoms with E-state index in [-0.39, 0.29) is 17.9 Å². The maximum Gasteiger partial charge on any atom is 0.328 e. The fraction of sp³-hybridized carbons (Fsp3) is 0.375. The quantitative estimate of drug-likeness (QED) is 0.157. The van der Waals surface area contributed by atoms with Crippen molar-refractivity contribution in [1.29, 1.82) is 0 Å². The molecule has 1 aliphatic heterocycles. The second kappa shape index (κ2) is 13.5. The highest BCUT2D eigenvalue weighted by atomic mass is 16.5. The summed E-state index contributed by atoms with van der Waals surface area (Å²) >= 11 is 0. The third-order valence-corrected chi connectivity index (χ3v) is 10.1. The summed E-state index contributed by atoms with van der Waals surface area (Å²) in [5, 5.41) is 16.1. The number of rotatable bonds is 9. The highest BCUT2D eigenvalue weighted by Crippen LogP contribution is 2.48. The van der Waals surface area contributed by atoms with Crippen LogP contribution in [0.15, 0.2) is 66.7 Å². The van der Waals surface area contributed by atoms with Crippen LogP contribution in [0.25, 0.3) is 28.2 Å². The van der Waals surface area contributed by atoms with E-state index in [0.29, 0.717) is 48.7 Å². The number of hydrogen-bond acceptors (Lipinski definition) is 5. The number of aromatic nitrogens is 1. The normalized spacial score (nSPS) is 17.0. The van der Waals surface area contributed by atoms with Gasteiger partial charge in [0.15, 0.2) is 0 Å². The van der Waals surface area contributed by atoms with Crippen molar-refractivity contribution in [3.63, 3.8) is 0 Å². The van der Waals surface area contributed by atoms with E-state index in [1.165, 1.54) is 42.0 Å². The molecule has 49 heavy (non-hydrogen) atoms. The van der Waals surface area contributed by atoms with E-state index in [0.717, 1.165) is 47.9 Å². The molecule has 0 unspecified atom stereocenters. The monoisotopic (exact) mass is 661 g/mol. The van der Waals surface area contributed by atoms with Crippen LogP contribution in [0.5, 0.6) is 11.5 Å². The molecular weight excluding hydrogens is 618 g/mol. The Balaban J connectivity index is 1.19. The van der Waals surface area contributed by atoms with Gasteiger partial charge in [-0.15, -0.1) is 0 Å². The van der Waals surface area contributed by atoms with Crippen LogP contribution in [0.2, 0.25) is 0 Å². The molecule has 0 bridgehead atoms. The van der Waals surface area contributed by atoms with Crippen LogP contribution in [0.3, 0.4) is 0 Å². The molecule has 0 atom stereocenters. The maximum atomic E-state index is 13.9. The van der Waals surface area contributed by atoms with Gasteiger partial charge in [-0.1, -0.05) is 37.5 Å². The Morgan fingerprint density at radius 3 is 2.45 bits per heavy atom. The number of fused-ring (bicyclic) bond motifs is 5. The Bertz CT molecular complexity index is 1930. The van der Waals surface area contributed by atoms with Gasteiger partial charge in [0.05, 0.1) is 18.3 Å². The second-order valence-corrected chi connectivity index (χ2v) is 13.8. The zero-order valence-corrected chi connectivity index (χ0v) is 28.1. The number of anilines is 1. The Hall–Kier alpha value is -5.05. The lowest BCUT2D eigenvalue weighted by Crippen LogP contribution is -2.61. The molecule has 3 aromatic carbocycles. The third-order valence-electron chi connectivity index (χ3n) is 10.1. The minimum absolute atomic E-state index is 0.0591. The zero-order chi connectivity index (χ0) is 34.1. The molecule has 4 aromatic rings. The van der Waals surface area contributed by atoms with Crippen LogP contribution in [0, 0.1) is 0 Å². The Kier molecular flexibility index (Phi) is 8.92. The average molecular weight is 662 g/mol. The van der Waals surface area contributed by atoms with Crippen LogP contribution < -0.4 is 20.1 Å². The molecule has 1 aromatic heterocycles. The number of carbonyl (C=O) groups is 3. The molecule has 0 radical (unpaired) electrons. The molecule has 3 aliphatic rings. The van der Waals surface area contributed by atoms with E-state index in [2.05, 4.69) is 27.3 Å². The van der Waals surface area contributed by atoms with Crippen molar-refractivity contribution in [3.05, 3.63) is 83.4 Å². The predicted octanol–water partition coefficient (Wildman–Crippen LogP) is 7.92. The van der Waals surface area contributed by atoms with Crippen molar-refractivity contribution in [3.8, 4) is 22.8 Å². The van der Waals surface area contributed by atoms with E-state index in [1.54, 1.807) is 24.3 Å². The Labute approximate surface area is 286 Å². The summed E-state index contributed by atoms with van der Waals surface area (Å²) in [7, 11) is 0. The lowest BCUT2D eigenvalue weighted by atomic mass is 9.75. The summed E-state index contributed by atoms with van der Waals surface area (Å²) < 4.78 is 14.6. The topological polar surface area (TPSA) is 119 Å². The number of carboxylic acids is 1. The number of nitrogens with one attached hydrogen (secondary N) is 2. The fourth-order valence-electron chi connectivity index (χ4n) is 7.58. The second-order valence-electron chi connectivity index (χ2n) is 13.8. The molecule has 2 fully saturated rings. The molecule has 2 heterocycles. The molecule has 254 valence electrons. The first kappa shape index (κ1) is 32.5. The summed E-state index contributed by atoms with van der Waals surface area (Å²) in [5.41, 5.74) is 5.36. The summed E-state index contributed by atoms with van der Waals surface area (Å²) in [6.07, 6.45) is 10.5. The predicted molar refractivity (Wildman–Crippen MR) is 190 cm³/mol. The van der Waals surface area contributed by atoms with Crippen molar-refractivity contribution in [1.82, 2.24) is 9.88 Å². The molecule has 2 saturated carbocycles. The molecule has 2 amide bonds. The first-order valence-electron chi connectivity index (χ1n) is 17.5. The molecule has 2 aliphatic carbocycles. The first-order chi connectivity index (χ1) is 23.7. The summed E-state index contributed by atoms with van der Waals surface area (Å²) in [5.74, 6) is 0.471. The smallest absolute Gasteiger partial charge is 0.328 e. The van der Waals surface area contributed by atoms with E-state index >= 15 is 0 Å². The first-order valence-corrected chi connectivity index (χ1v) is 17.5. The number of amides is 2. The van der Waals surface area contributed by atoms with Gasteiger partial charge < -0.3 is 29.8 Å². The number of carboxylic acid groups (broad SMARTS) is 1. The minimum atomic E-state index is -1.03. The van der Waals surface area contributed by atoms with E-state index in [1.807, 2.05) is 38.1 Å². The van der Waals surface area contributed by atoms with Gasteiger partial charge in [0.1, 0.15) is 23.6 Å². The largest absolute Gasteiger partial charge is 0.491 e. The molecule has 9 heteroatoms.